The number of hydrogen-bond donors (Lipinski definition) is 0. The summed E-state index contributed by atoms with van der Waals surface area (Å²) in [6.45, 7) is 0. The van der Waals surface area contributed by atoms with Gasteiger partial charge in [0.2, 0.25) is 0 Å². The van der Waals surface area contributed by atoms with E-state index in [1.807, 2.05) is 60.7 Å². The Hall–Kier alpha value is -0.625. The zero-order valence-electron chi connectivity index (χ0n) is 9.77. The van der Waals surface area contributed by atoms with E-state index in [0.717, 1.165) is 11.1 Å². The van der Waals surface area contributed by atoms with Gasteiger partial charge in [-0.2, -0.15) is 23.3 Å². The second-order valence-electron chi connectivity index (χ2n) is 2.97. The van der Waals surface area contributed by atoms with Gasteiger partial charge in [0.05, 0.1) is 0 Å². The van der Waals surface area contributed by atoms with Crippen molar-refractivity contribution in [2.75, 3.05) is 0 Å². The molecule has 0 amide bonds. The Morgan fingerprint density at radius 2 is 1.12 bits per heavy atom. The van der Waals surface area contributed by atoms with Crippen molar-refractivity contribution in [1.29, 1.82) is 0 Å². The molecule has 0 aromatic heterocycles. The van der Waals surface area contributed by atoms with Crippen LogP contribution in [-0.2, 0) is 0 Å². The molecular weight excluding hydrogens is 182 g/mol. The van der Waals surface area contributed by atoms with Crippen molar-refractivity contribution in [2.45, 2.75) is 0 Å². The molecule has 0 atom stereocenters. The summed E-state index contributed by atoms with van der Waals surface area (Å²) < 4.78 is 0. The monoisotopic (exact) mass is 192 g/mol. The summed E-state index contributed by atoms with van der Waals surface area (Å²) >= 11 is 0. The van der Waals surface area contributed by atoms with E-state index in [2.05, 4.69) is 12.1 Å². The molecular formula is C14H10Li2. The molecule has 2 aromatic rings. The van der Waals surface area contributed by atoms with Crippen LogP contribution in [0.5, 0.6) is 0 Å². The molecule has 0 bridgehead atoms. The van der Waals surface area contributed by atoms with Crippen molar-refractivity contribution in [1.82, 2.24) is 0 Å². The maximum Gasteiger partial charge on any atom is 1.00 e. The molecule has 2 aromatic carbocycles. The quantitative estimate of drug-likeness (QED) is 0.279. The van der Waals surface area contributed by atoms with Gasteiger partial charge in [-0.15, -0.1) is 60.7 Å². The largest absolute Gasteiger partial charge is 1.00 e. The molecule has 2 rings (SSSR count). The van der Waals surface area contributed by atoms with E-state index in [4.69, 9.17) is 0 Å². The van der Waals surface area contributed by atoms with E-state index in [-0.39, 0.29) is 37.7 Å². The van der Waals surface area contributed by atoms with Gasteiger partial charge in [-0.25, -0.2) is 0 Å². The fourth-order valence-corrected chi connectivity index (χ4v) is 1.20. The molecule has 0 N–H and O–H groups in total. The molecule has 0 heterocycles. The van der Waals surface area contributed by atoms with Crippen LogP contribution in [0, 0.1) is 12.1 Å². The standard InChI is InChI=1S/C14H10.2Li/c1-3-7-13(8-4-1)11-12-14-9-5-2-6-10-14;;/h1-7,9,11-12H;;/q-2;2*+1/b12-11-;;. The average Bonchev–Trinajstić information content (AvgIpc) is 2.29. The van der Waals surface area contributed by atoms with Crippen LogP contribution in [0.2, 0.25) is 0 Å². The van der Waals surface area contributed by atoms with Crippen LogP contribution >= 0.6 is 0 Å². The minimum Gasteiger partial charge on any atom is -0.177 e. The third kappa shape index (κ3) is 4.93. The summed E-state index contributed by atoms with van der Waals surface area (Å²) in [6.07, 6.45) is 4.07. The van der Waals surface area contributed by atoms with E-state index in [9.17, 15) is 0 Å². The molecule has 0 aliphatic rings. The Bertz CT molecular complexity index is 366. The maximum atomic E-state index is 3.14. The van der Waals surface area contributed by atoms with E-state index in [1.165, 1.54) is 0 Å². The van der Waals surface area contributed by atoms with Crippen LogP contribution in [-0.4, -0.2) is 0 Å². The first kappa shape index (κ1) is 15.4. The summed E-state index contributed by atoms with van der Waals surface area (Å²) in [5.41, 5.74) is 2.18. The van der Waals surface area contributed by atoms with E-state index in [0.29, 0.717) is 0 Å². The fourth-order valence-electron chi connectivity index (χ4n) is 1.20. The summed E-state index contributed by atoms with van der Waals surface area (Å²) in [5.74, 6) is 0. The molecule has 0 saturated carbocycles. The van der Waals surface area contributed by atoms with Gasteiger partial charge in [-0.3, -0.25) is 0 Å². The van der Waals surface area contributed by atoms with Crippen LogP contribution in [0.1, 0.15) is 11.1 Å². The minimum atomic E-state index is 0. The molecule has 0 fully saturated rings. The molecule has 0 aliphatic carbocycles. The Morgan fingerprint density at radius 1 is 0.688 bits per heavy atom. The van der Waals surface area contributed by atoms with Gasteiger partial charge in [0.15, 0.2) is 0 Å². The molecule has 0 saturated heterocycles. The van der Waals surface area contributed by atoms with Crippen molar-refractivity contribution in [2.24, 2.45) is 0 Å². The topological polar surface area (TPSA) is 0 Å². The van der Waals surface area contributed by atoms with Crippen LogP contribution < -0.4 is 37.7 Å². The Labute approximate surface area is 121 Å². The van der Waals surface area contributed by atoms with E-state index >= 15 is 0 Å². The first-order valence-corrected chi connectivity index (χ1v) is 4.57. The van der Waals surface area contributed by atoms with Crippen molar-refractivity contribution >= 4 is 12.2 Å². The van der Waals surface area contributed by atoms with E-state index in [1.54, 1.807) is 0 Å². The van der Waals surface area contributed by atoms with Crippen LogP contribution in [0.25, 0.3) is 12.2 Å². The number of rotatable bonds is 2. The maximum absolute atomic E-state index is 3.14. The molecule has 16 heavy (non-hydrogen) atoms. The first-order valence-electron chi connectivity index (χ1n) is 4.57. The summed E-state index contributed by atoms with van der Waals surface area (Å²) in [6, 6.07) is 22.1. The zero-order valence-corrected chi connectivity index (χ0v) is 9.77. The van der Waals surface area contributed by atoms with Gasteiger partial charge < -0.3 is 0 Å². The van der Waals surface area contributed by atoms with Gasteiger partial charge >= 0.3 is 37.7 Å². The third-order valence-corrected chi connectivity index (χ3v) is 1.91. The van der Waals surface area contributed by atoms with Gasteiger partial charge in [0, 0.05) is 0 Å². The molecule has 0 spiro atoms. The predicted octanol–water partition coefficient (Wildman–Crippen LogP) is -2.53. The van der Waals surface area contributed by atoms with Crippen molar-refractivity contribution < 1.29 is 37.7 Å². The summed E-state index contributed by atoms with van der Waals surface area (Å²) in [7, 11) is 0. The van der Waals surface area contributed by atoms with Gasteiger partial charge in [-0.1, -0.05) is 0 Å². The molecule has 0 unspecified atom stereocenters. The Balaban J connectivity index is 0.00000112. The fraction of sp³-hybridized carbons (Fsp3) is 0. The second-order valence-corrected chi connectivity index (χ2v) is 2.97. The normalized spacial score (nSPS) is 9.25. The average molecular weight is 192 g/mol. The number of benzene rings is 2. The van der Waals surface area contributed by atoms with Gasteiger partial charge in [-0.05, 0) is 0 Å². The molecule has 0 aliphatic heterocycles. The SMILES string of the molecule is [Li+].[Li+].[c-]1ccccc1/C=C\c1[c-]cccc1. The Morgan fingerprint density at radius 3 is 1.44 bits per heavy atom. The first-order chi connectivity index (χ1) is 6.95. The third-order valence-electron chi connectivity index (χ3n) is 1.91. The predicted molar refractivity (Wildman–Crippen MR) is 59.5 cm³/mol. The van der Waals surface area contributed by atoms with Crippen LogP contribution in [0.3, 0.4) is 0 Å². The second kappa shape index (κ2) is 8.52. The van der Waals surface area contributed by atoms with Crippen molar-refractivity contribution in [3.05, 3.63) is 71.8 Å². The van der Waals surface area contributed by atoms with Gasteiger partial charge in [0.1, 0.15) is 0 Å². The smallest absolute Gasteiger partial charge is 0.177 e. The summed E-state index contributed by atoms with van der Waals surface area (Å²) in [5, 5.41) is 0. The van der Waals surface area contributed by atoms with Gasteiger partial charge in [0.25, 0.3) is 0 Å². The minimum absolute atomic E-state index is 0. The van der Waals surface area contributed by atoms with Crippen molar-refractivity contribution in [3.8, 4) is 0 Å². The molecule has 0 nitrogen and oxygen atoms in total. The molecule has 0 radical (unpaired) electrons. The number of hydrogen-bond acceptors (Lipinski definition) is 0. The van der Waals surface area contributed by atoms with Crippen molar-refractivity contribution in [3.63, 3.8) is 0 Å². The van der Waals surface area contributed by atoms with Crippen LogP contribution in [0.15, 0.2) is 48.5 Å². The van der Waals surface area contributed by atoms with Crippen LogP contribution in [0.4, 0.5) is 0 Å². The zero-order chi connectivity index (χ0) is 9.64. The molecule has 2 heteroatoms. The Kier molecular flexibility index (Phi) is 8.19. The molecule has 68 valence electrons. The van der Waals surface area contributed by atoms with E-state index < -0.39 is 0 Å². The summed E-state index contributed by atoms with van der Waals surface area (Å²) in [4.78, 5) is 0.